The number of H-pyrrole nitrogens is 1. The molecule has 3 aromatic rings. The Bertz CT molecular complexity index is 953. The molecule has 0 aliphatic rings. The summed E-state index contributed by atoms with van der Waals surface area (Å²) < 4.78 is 27.3. The van der Waals surface area contributed by atoms with Gasteiger partial charge in [-0.25, -0.2) is 13.8 Å². The maximum Gasteiger partial charge on any atom is 0.268 e. The first-order valence-electron chi connectivity index (χ1n) is 7.83. The first kappa shape index (κ1) is 19.4. The van der Waals surface area contributed by atoms with Crippen LogP contribution in [0, 0.1) is 11.6 Å². The van der Waals surface area contributed by atoms with Crippen molar-refractivity contribution in [3.63, 3.8) is 0 Å². The summed E-state index contributed by atoms with van der Waals surface area (Å²) in [6, 6.07) is 4.65. The van der Waals surface area contributed by atoms with Crippen molar-refractivity contribution in [1.29, 1.82) is 0 Å². The highest BCUT2D eigenvalue weighted by Gasteiger charge is 2.19. The lowest BCUT2D eigenvalue weighted by Gasteiger charge is -2.13. The minimum Gasteiger partial charge on any atom is -0.391 e. The summed E-state index contributed by atoms with van der Waals surface area (Å²) in [7, 11) is 0. The normalized spacial score (nSPS) is 12.2. The van der Waals surface area contributed by atoms with Crippen LogP contribution in [0.5, 0.6) is 0 Å². The van der Waals surface area contributed by atoms with Crippen molar-refractivity contribution in [1.82, 2.24) is 15.3 Å². The summed E-state index contributed by atoms with van der Waals surface area (Å²) in [5.41, 5.74) is 6.48. The fourth-order valence-corrected chi connectivity index (χ4v) is 3.37. The van der Waals surface area contributed by atoms with Gasteiger partial charge in [-0.05, 0) is 24.3 Å². The number of aromatic nitrogens is 2. The predicted molar refractivity (Wildman–Crippen MR) is 98.5 cm³/mol. The zero-order valence-corrected chi connectivity index (χ0v) is 15.4. The molecule has 27 heavy (non-hydrogen) atoms. The summed E-state index contributed by atoms with van der Waals surface area (Å²) in [6.07, 6.45) is 1.52. The largest absolute Gasteiger partial charge is 0.391 e. The maximum atomic E-state index is 13.6. The standard InChI is InChI=1S/C17H15ClF2N4O2S/c18-15-10(19)3-8(4-11(15)20)12-1-2-13(23-12)16(26)24-14(5-21)17-22-6-9(7-25)27-17/h1-4,6,14,23,25H,5,7,21H2,(H,24,26)/t14-/m1/s1. The Labute approximate surface area is 162 Å². The van der Waals surface area contributed by atoms with E-state index in [-0.39, 0.29) is 24.4 Å². The lowest BCUT2D eigenvalue weighted by atomic mass is 10.1. The van der Waals surface area contributed by atoms with Gasteiger partial charge < -0.3 is 21.1 Å². The van der Waals surface area contributed by atoms with Crippen LogP contribution < -0.4 is 11.1 Å². The van der Waals surface area contributed by atoms with Gasteiger partial charge in [-0.1, -0.05) is 11.6 Å². The van der Waals surface area contributed by atoms with Crippen molar-refractivity contribution in [2.45, 2.75) is 12.6 Å². The second-order valence-corrected chi connectivity index (χ2v) is 7.15. The molecule has 1 amide bonds. The molecule has 0 radical (unpaired) electrons. The highest BCUT2D eigenvalue weighted by molar-refractivity contribution is 7.11. The van der Waals surface area contributed by atoms with E-state index in [0.717, 1.165) is 12.1 Å². The van der Waals surface area contributed by atoms with Gasteiger partial charge in [0.15, 0.2) is 0 Å². The third-order valence-electron chi connectivity index (χ3n) is 3.79. The quantitative estimate of drug-likeness (QED) is 0.467. The second kappa shape index (κ2) is 8.13. The molecule has 10 heteroatoms. The number of carbonyl (C=O) groups is 1. The second-order valence-electron chi connectivity index (χ2n) is 5.62. The number of aliphatic hydroxyl groups excluding tert-OH is 1. The van der Waals surface area contributed by atoms with Crippen molar-refractivity contribution >= 4 is 28.8 Å². The van der Waals surface area contributed by atoms with Crippen molar-refractivity contribution in [2.24, 2.45) is 5.73 Å². The average molecular weight is 413 g/mol. The third-order valence-corrected chi connectivity index (χ3v) is 5.25. The summed E-state index contributed by atoms with van der Waals surface area (Å²) >= 11 is 6.73. The molecule has 2 heterocycles. The van der Waals surface area contributed by atoms with Gasteiger partial charge in [-0.2, -0.15) is 0 Å². The molecule has 5 N–H and O–H groups in total. The molecule has 0 saturated heterocycles. The van der Waals surface area contributed by atoms with Crippen molar-refractivity contribution in [3.05, 3.63) is 62.7 Å². The van der Waals surface area contributed by atoms with Gasteiger partial charge in [-0.3, -0.25) is 4.79 Å². The lowest BCUT2D eigenvalue weighted by Crippen LogP contribution is -2.33. The van der Waals surface area contributed by atoms with Gasteiger partial charge in [0.05, 0.1) is 17.5 Å². The van der Waals surface area contributed by atoms with Crippen LogP contribution in [0.3, 0.4) is 0 Å². The number of nitrogens with two attached hydrogens (primary N) is 1. The van der Waals surface area contributed by atoms with Gasteiger partial charge in [0.25, 0.3) is 5.91 Å². The highest BCUT2D eigenvalue weighted by Crippen LogP contribution is 2.27. The fourth-order valence-electron chi connectivity index (χ4n) is 2.42. The van der Waals surface area contributed by atoms with E-state index in [0.29, 0.717) is 15.6 Å². The molecule has 1 atom stereocenters. The molecule has 0 saturated carbocycles. The van der Waals surface area contributed by atoms with E-state index < -0.39 is 28.6 Å². The Hall–Kier alpha value is -2.33. The topological polar surface area (TPSA) is 104 Å². The SMILES string of the molecule is NC[C@@H](NC(=O)c1ccc(-c2cc(F)c(Cl)c(F)c2)[nH]1)c1ncc(CO)s1. The summed E-state index contributed by atoms with van der Waals surface area (Å²) in [4.78, 5) is 20.1. The monoisotopic (exact) mass is 412 g/mol. The smallest absolute Gasteiger partial charge is 0.268 e. The van der Waals surface area contributed by atoms with Crippen molar-refractivity contribution in [2.75, 3.05) is 6.54 Å². The molecule has 6 nitrogen and oxygen atoms in total. The van der Waals surface area contributed by atoms with Crippen LogP contribution in [0.15, 0.2) is 30.5 Å². The Morgan fingerprint density at radius 1 is 1.37 bits per heavy atom. The van der Waals surface area contributed by atoms with Crippen LogP contribution >= 0.6 is 22.9 Å². The molecule has 0 fully saturated rings. The molecule has 0 aliphatic heterocycles. The van der Waals surface area contributed by atoms with Gasteiger partial charge in [0.1, 0.15) is 27.4 Å². The fraction of sp³-hybridized carbons (Fsp3) is 0.176. The van der Waals surface area contributed by atoms with E-state index in [9.17, 15) is 13.6 Å². The number of thiazole rings is 1. The van der Waals surface area contributed by atoms with E-state index in [1.54, 1.807) is 0 Å². The zero-order valence-electron chi connectivity index (χ0n) is 13.8. The number of hydrogen-bond acceptors (Lipinski definition) is 5. The maximum absolute atomic E-state index is 13.6. The van der Waals surface area contributed by atoms with Crippen LogP contribution in [0.2, 0.25) is 5.02 Å². The molecule has 2 aromatic heterocycles. The number of carbonyl (C=O) groups excluding carboxylic acids is 1. The third kappa shape index (κ3) is 4.16. The van der Waals surface area contributed by atoms with Crippen LogP contribution in [0.1, 0.15) is 26.4 Å². The van der Waals surface area contributed by atoms with Crippen LogP contribution in [-0.2, 0) is 6.61 Å². The number of halogens is 3. The molecule has 1 aromatic carbocycles. The highest BCUT2D eigenvalue weighted by atomic mass is 35.5. The van der Waals surface area contributed by atoms with Crippen molar-refractivity contribution in [3.8, 4) is 11.3 Å². The summed E-state index contributed by atoms with van der Waals surface area (Å²) in [5.74, 6) is -2.23. The minimum atomic E-state index is -0.890. The molecular weight excluding hydrogens is 398 g/mol. The molecule has 0 unspecified atom stereocenters. The number of rotatable bonds is 6. The van der Waals surface area contributed by atoms with E-state index in [1.165, 1.54) is 29.7 Å². The Kier molecular flexibility index (Phi) is 5.85. The average Bonchev–Trinajstić information content (AvgIpc) is 3.33. The number of nitrogens with zero attached hydrogens (tertiary/aromatic N) is 1. The first-order chi connectivity index (χ1) is 12.9. The first-order valence-corrected chi connectivity index (χ1v) is 9.02. The number of nitrogens with one attached hydrogen (secondary N) is 2. The number of aromatic amines is 1. The molecule has 3 rings (SSSR count). The minimum absolute atomic E-state index is 0.116. The number of amides is 1. The van der Waals surface area contributed by atoms with Crippen LogP contribution in [0.25, 0.3) is 11.3 Å². The van der Waals surface area contributed by atoms with Gasteiger partial charge in [-0.15, -0.1) is 11.3 Å². The Balaban J connectivity index is 1.78. The molecule has 0 spiro atoms. The van der Waals surface area contributed by atoms with E-state index >= 15 is 0 Å². The van der Waals surface area contributed by atoms with E-state index in [4.69, 9.17) is 22.4 Å². The zero-order chi connectivity index (χ0) is 19.6. The summed E-state index contributed by atoms with van der Waals surface area (Å²) in [6.45, 7) is -0.0254. The van der Waals surface area contributed by atoms with Crippen molar-refractivity contribution < 1.29 is 18.7 Å². The van der Waals surface area contributed by atoms with Gasteiger partial charge in [0, 0.05) is 24.0 Å². The van der Waals surface area contributed by atoms with Crippen LogP contribution in [0.4, 0.5) is 8.78 Å². The predicted octanol–water partition coefficient (Wildman–Crippen LogP) is 2.99. The van der Waals surface area contributed by atoms with Crippen LogP contribution in [-0.4, -0.2) is 27.5 Å². The van der Waals surface area contributed by atoms with Gasteiger partial charge >= 0.3 is 0 Å². The number of hydrogen-bond donors (Lipinski definition) is 4. The van der Waals surface area contributed by atoms with E-state index in [1.807, 2.05) is 0 Å². The molecule has 0 bridgehead atoms. The number of benzene rings is 1. The Morgan fingerprint density at radius 2 is 2.07 bits per heavy atom. The lowest BCUT2D eigenvalue weighted by molar-refractivity contribution is 0.0933. The van der Waals surface area contributed by atoms with Gasteiger partial charge in [0.2, 0.25) is 0 Å². The summed E-state index contributed by atoms with van der Waals surface area (Å²) in [5, 5.41) is 11.8. The Morgan fingerprint density at radius 3 is 2.67 bits per heavy atom. The molecular formula is C17H15ClF2N4O2S. The molecule has 0 aliphatic carbocycles. The van der Waals surface area contributed by atoms with E-state index in [2.05, 4.69) is 15.3 Å². The molecule has 142 valence electrons. The number of aliphatic hydroxyl groups is 1.